The molecule has 1 saturated heterocycles. The molecule has 0 saturated carbocycles. The van der Waals surface area contributed by atoms with E-state index in [-0.39, 0.29) is 6.10 Å². The van der Waals surface area contributed by atoms with Crippen molar-refractivity contribution in [2.45, 2.75) is 19.6 Å². The normalized spacial score (nSPS) is 19.9. The number of benzene rings is 1. The Morgan fingerprint density at radius 1 is 1.15 bits per heavy atom. The van der Waals surface area contributed by atoms with Crippen molar-refractivity contribution in [1.29, 1.82) is 0 Å². The van der Waals surface area contributed by atoms with E-state index in [9.17, 15) is 0 Å². The minimum absolute atomic E-state index is 0.176. The fraction of sp³-hybridized carbons (Fsp3) is 0.353. The van der Waals surface area contributed by atoms with Crippen LogP contribution in [0.4, 0.5) is 0 Å². The minimum atomic E-state index is 0.176. The number of ether oxygens (including phenoxy) is 1. The number of aryl methyl sites for hydroxylation is 1. The van der Waals surface area contributed by atoms with Crippen molar-refractivity contribution in [2.75, 3.05) is 19.7 Å². The van der Waals surface area contributed by atoms with Crippen molar-refractivity contribution in [3.05, 3.63) is 65.5 Å². The van der Waals surface area contributed by atoms with E-state index in [1.54, 1.807) is 0 Å². The van der Waals surface area contributed by atoms with Gasteiger partial charge >= 0.3 is 0 Å². The summed E-state index contributed by atoms with van der Waals surface area (Å²) in [6.07, 6.45) is 0.176. The standard InChI is InChI=1S/C17H20N2O/c1-14-6-5-9-16(18-14)12-19-10-11-20-17(13-19)15-7-3-2-4-8-15/h2-9,17H,10-13H2,1H3. The molecular weight excluding hydrogens is 248 g/mol. The van der Waals surface area contributed by atoms with Crippen molar-refractivity contribution < 1.29 is 4.74 Å². The molecule has 1 atom stereocenters. The van der Waals surface area contributed by atoms with Crippen LogP contribution in [0.5, 0.6) is 0 Å². The topological polar surface area (TPSA) is 25.4 Å². The van der Waals surface area contributed by atoms with Crippen LogP contribution in [-0.4, -0.2) is 29.6 Å². The Bertz CT molecular complexity index is 556. The molecule has 20 heavy (non-hydrogen) atoms. The molecule has 1 unspecified atom stereocenters. The summed E-state index contributed by atoms with van der Waals surface area (Å²) in [5.74, 6) is 0. The zero-order chi connectivity index (χ0) is 13.8. The quantitative estimate of drug-likeness (QED) is 0.855. The van der Waals surface area contributed by atoms with E-state index in [1.165, 1.54) is 5.56 Å². The summed E-state index contributed by atoms with van der Waals surface area (Å²) in [7, 11) is 0. The zero-order valence-corrected chi connectivity index (χ0v) is 11.8. The van der Waals surface area contributed by atoms with Gasteiger partial charge in [-0.15, -0.1) is 0 Å². The van der Waals surface area contributed by atoms with Crippen LogP contribution in [0.15, 0.2) is 48.5 Å². The fourth-order valence-corrected chi connectivity index (χ4v) is 2.63. The predicted molar refractivity (Wildman–Crippen MR) is 79.4 cm³/mol. The predicted octanol–water partition coefficient (Wildman–Crippen LogP) is 2.96. The largest absolute Gasteiger partial charge is 0.371 e. The Morgan fingerprint density at radius 3 is 2.80 bits per heavy atom. The van der Waals surface area contributed by atoms with Crippen LogP contribution < -0.4 is 0 Å². The second-order valence-corrected chi connectivity index (χ2v) is 5.28. The molecule has 2 aromatic rings. The highest BCUT2D eigenvalue weighted by atomic mass is 16.5. The molecule has 1 aromatic carbocycles. The van der Waals surface area contributed by atoms with Crippen LogP contribution in [0.3, 0.4) is 0 Å². The zero-order valence-electron chi connectivity index (χ0n) is 11.8. The summed E-state index contributed by atoms with van der Waals surface area (Å²) >= 11 is 0. The molecule has 3 heteroatoms. The second kappa shape index (κ2) is 6.16. The fourth-order valence-electron chi connectivity index (χ4n) is 2.63. The van der Waals surface area contributed by atoms with E-state index < -0.39 is 0 Å². The first kappa shape index (κ1) is 13.3. The van der Waals surface area contributed by atoms with E-state index >= 15 is 0 Å². The number of morpholine rings is 1. The Hall–Kier alpha value is -1.71. The molecule has 0 amide bonds. The third kappa shape index (κ3) is 3.24. The first-order valence-electron chi connectivity index (χ1n) is 7.13. The van der Waals surface area contributed by atoms with Crippen LogP contribution in [-0.2, 0) is 11.3 Å². The van der Waals surface area contributed by atoms with Gasteiger partial charge in [0, 0.05) is 25.3 Å². The molecule has 1 fully saturated rings. The maximum atomic E-state index is 5.89. The molecule has 0 aliphatic carbocycles. The maximum Gasteiger partial charge on any atom is 0.0952 e. The molecule has 104 valence electrons. The lowest BCUT2D eigenvalue weighted by atomic mass is 10.1. The summed E-state index contributed by atoms with van der Waals surface area (Å²) in [6.45, 7) is 5.62. The Labute approximate surface area is 120 Å². The highest BCUT2D eigenvalue weighted by molar-refractivity contribution is 5.18. The SMILES string of the molecule is Cc1cccc(CN2CCOC(c3ccccc3)C2)n1. The maximum absolute atomic E-state index is 5.89. The van der Waals surface area contributed by atoms with E-state index in [1.807, 2.05) is 19.1 Å². The average Bonchev–Trinajstić information content (AvgIpc) is 2.48. The number of hydrogen-bond acceptors (Lipinski definition) is 3. The molecule has 1 aliphatic rings. The number of hydrogen-bond donors (Lipinski definition) is 0. The number of aromatic nitrogens is 1. The van der Waals surface area contributed by atoms with Gasteiger partial charge in [0.25, 0.3) is 0 Å². The first-order chi connectivity index (χ1) is 9.81. The van der Waals surface area contributed by atoms with E-state index in [2.05, 4.69) is 46.3 Å². The summed E-state index contributed by atoms with van der Waals surface area (Å²) in [5.41, 5.74) is 3.48. The van der Waals surface area contributed by atoms with Crippen LogP contribution in [0, 0.1) is 6.92 Å². The van der Waals surface area contributed by atoms with Gasteiger partial charge in [-0.25, -0.2) is 0 Å². The van der Waals surface area contributed by atoms with Gasteiger partial charge in [-0.2, -0.15) is 0 Å². The number of pyridine rings is 1. The second-order valence-electron chi connectivity index (χ2n) is 5.28. The minimum Gasteiger partial charge on any atom is -0.371 e. The molecule has 1 aromatic heterocycles. The highest BCUT2D eigenvalue weighted by Gasteiger charge is 2.21. The molecule has 1 aliphatic heterocycles. The van der Waals surface area contributed by atoms with Gasteiger partial charge < -0.3 is 4.74 Å². The van der Waals surface area contributed by atoms with Gasteiger partial charge in [0.1, 0.15) is 0 Å². The van der Waals surface area contributed by atoms with Gasteiger partial charge in [0.2, 0.25) is 0 Å². The Kier molecular flexibility index (Phi) is 4.09. The summed E-state index contributed by atoms with van der Waals surface area (Å²) in [5, 5.41) is 0. The van der Waals surface area contributed by atoms with Gasteiger partial charge in [-0.3, -0.25) is 9.88 Å². The monoisotopic (exact) mass is 268 g/mol. The highest BCUT2D eigenvalue weighted by Crippen LogP contribution is 2.22. The first-order valence-corrected chi connectivity index (χ1v) is 7.13. The van der Waals surface area contributed by atoms with Crippen molar-refractivity contribution in [3.8, 4) is 0 Å². The van der Waals surface area contributed by atoms with Gasteiger partial charge in [-0.05, 0) is 24.6 Å². The third-order valence-corrected chi connectivity index (χ3v) is 3.65. The molecule has 0 bridgehead atoms. The van der Waals surface area contributed by atoms with Crippen molar-refractivity contribution in [3.63, 3.8) is 0 Å². The summed E-state index contributed by atoms with van der Waals surface area (Å²) < 4.78 is 5.89. The van der Waals surface area contributed by atoms with Crippen LogP contribution in [0.2, 0.25) is 0 Å². The lowest BCUT2D eigenvalue weighted by Gasteiger charge is -2.33. The number of nitrogens with zero attached hydrogens (tertiary/aromatic N) is 2. The van der Waals surface area contributed by atoms with Crippen molar-refractivity contribution in [1.82, 2.24) is 9.88 Å². The third-order valence-electron chi connectivity index (χ3n) is 3.65. The van der Waals surface area contributed by atoms with Gasteiger partial charge in [0.05, 0.1) is 18.4 Å². The Balaban J connectivity index is 1.66. The van der Waals surface area contributed by atoms with E-state index in [0.717, 1.165) is 37.6 Å². The molecule has 0 radical (unpaired) electrons. The average molecular weight is 268 g/mol. The van der Waals surface area contributed by atoms with E-state index in [4.69, 9.17) is 4.74 Å². The van der Waals surface area contributed by atoms with E-state index in [0.29, 0.717) is 0 Å². The summed E-state index contributed by atoms with van der Waals surface area (Å²) in [4.78, 5) is 7.00. The lowest BCUT2D eigenvalue weighted by Crippen LogP contribution is -2.38. The molecule has 0 spiro atoms. The molecular formula is C17H20N2O. The smallest absolute Gasteiger partial charge is 0.0952 e. The van der Waals surface area contributed by atoms with Gasteiger partial charge in [-0.1, -0.05) is 36.4 Å². The number of rotatable bonds is 3. The van der Waals surface area contributed by atoms with Gasteiger partial charge in [0.15, 0.2) is 0 Å². The molecule has 0 N–H and O–H groups in total. The van der Waals surface area contributed by atoms with Crippen molar-refractivity contribution in [2.24, 2.45) is 0 Å². The van der Waals surface area contributed by atoms with Crippen LogP contribution >= 0.6 is 0 Å². The molecule has 2 heterocycles. The van der Waals surface area contributed by atoms with Crippen LogP contribution in [0.1, 0.15) is 23.1 Å². The summed E-state index contributed by atoms with van der Waals surface area (Å²) in [6, 6.07) is 16.7. The van der Waals surface area contributed by atoms with Crippen LogP contribution in [0.25, 0.3) is 0 Å². The molecule has 3 rings (SSSR count). The lowest BCUT2D eigenvalue weighted by molar-refractivity contribution is -0.0332. The van der Waals surface area contributed by atoms with Crippen molar-refractivity contribution >= 4 is 0 Å². The molecule has 3 nitrogen and oxygen atoms in total. The Morgan fingerprint density at radius 2 is 2.00 bits per heavy atom.